The predicted octanol–water partition coefficient (Wildman–Crippen LogP) is 2.43. The summed E-state index contributed by atoms with van der Waals surface area (Å²) in [6, 6.07) is 4.91. The molecule has 116 valence electrons. The molecule has 3 unspecified atom stereocenters. The van der Waals surface area contributed by atoms with Crippen molar-refractivity contribution in [1.82, 2.24) is 4.90 Å². The van der Waals surface area contributed by atoms with E-state index in [9.17, 15) is 0 Å². The van der Waals surface area contributed by atoms with Gasteiger partial charge in [0.1, 0.15) is 0 Å². The van der Waals surface area contributed by atoms with Gasteiger partial charge in [0.2, 0.25) is 0 Å². The molecule has 0 spiro atoms. The normalized spacial score (nSPS) is 16.4. The van der Waals surface area contributed by atoms with Crippen LogP contribution in [0.5, 0.6) is 0 Å². The van der Waals surface area contributed by atoms with Crippen molar-refractivity contribution in [3.63, 3.8) is 0 Å². The largest absolute Gasteiger partial charge is 0.383 e. The molecule has 0 radical (unpaired) electrons. The Labute approximate surface area is 126 Å². The summed E-state index contributed by atoms with van der Waals surface area (Å²) < 4.78 is 10.6. The van der Waals surface area contributed by atoms with Gasteiger partial charge in [0.15, 0.2) is 0 Å². The van der Waals surface area contributed by atoms with Gasteiger partial charge in [-0.05, 0) is 32.9 Å². The molecule has 1 aromatic rings. The van der Waals surface area contributed by atoms with Gasteiger partial charge in [-0.3, -0.25) is 4.90 Å². The fourth-order valence-corrected chi connectivity index (χ4v) is 3.62. The van der Waals surface area contributed by atoms with Crippen molar-refractivity contribution in [1.29, 1.82) is 0 Å². The SMILES string of the molecule is COCCN(C(C)COC)C(c1ccc(C)s1)C(C)N. The maximum atomic E-state index is 6.27. The average Bonchev–Trinajstić information content (AvgIpc) is 2.80. The Balaban J connectivity index is 2.97. The van der Waals surface area contributed by atoms with Crippen molar-refractivity contribution in [2.45, 2.75) is 38.9 Å². The summed E-state index contributed by atoms with van der Waals surface area (Å²) in [5.74, 6) is 0. The highest BCUT2D eigenvalue weighted by Crippen LogP contribution is 2.31. The highest BCUT2D eigenvalue weighted by molar-refractivity contribution is 7.12. The van der Waals surface area contributed by atoms with Crippen LogP contribution >= 0.6 is 11.3 Å². The quantitative estimate of drug-likeness (QED) is 0.761. The van der Waals surface area contributed by atoms with E-state index in [1.165, 1.54) is 9.75 Å². The lowest BCUT2D eigenvalue weighted by molar-refractivity contribution is 0.0411. The van der Waals surface area contributed by atoms with Crippen molar-refractivity contribution in [3.05, 3.63) is 21.9 Å². The molecule has 0 fully saturated rings. The minimum atomic E-state index is 0.0595. The van der Waals surface area contributed by atoms with Crippen molar-refractivity contribution >= 4 is 11.3 Å². The highest BCUT2D eigenvalue weighted by Gasteiger charge is 2.28. The molecule has 20 heavy (non-hydrogen) atoms. The topological polar surface area (TPSA) is 47.7 Å². The van der Waals surface area contributed by atoms with E-state index in [2.05, 4.69) is 37.8 Å². The summed E-state index contributed by atoms with van der Waals surface area (Å²) in [5.41, 5.74) is 6.27. The Bertz CT molecular complexity index is 382. The molecule has 3 atom stereocenters. The Kier molecular flexibility index (Phi) is 7.69. The molecule has 0 amide bonds. The molecule has 2 N–H and O–H groups in total. The van der Waals surface area contributed by atoms with E-state index in [0.717, 1.165) is 6.54 Å². The van der Waals surface area contributed by atoms with Gasteiger partial charge in [0, 0.05) is 42.6 Å². The first kappa shape index (κ1) is 17.6. The molecule has 0 aliphatic carbocycles. The zero-order valence-electron chi connectivity index (χ0n) is 13.3. The zero-order valence-corrected chi connectivity index (χ0v) is 14.1. The van der Waals surface area contributed by atoms with Crippen molar-refractivity contribution in [3.8, 4) is 0 Å². The molecule has 0 saturated heterocycles. The fourth-order valence-electron chi connectivity index (χ4n) is 2.50. The number of methoxy groups -OCH3 is 2. The van der Waals surface area contributed by atoms with Crippen molar-refractivity contribution in [2.24, 2.45) is 5.73 Å². The minimum absolute atomic E-state index is 0.0595. The number of thiophene rings is 1. The Morgan fingerprint density at radius 1 is 1.25 bits per heavy atom. The van der Waals surface area contributed by atoms with Gasteiger partial charge in [-0.1, -0.05) is 0 Å². The third kappa shape index (κ3) is 4.82. The van der Waals surface area contributed by atoms with E-state index >= 15 is 0 Å². The summed E-state index contributed by atoms with van der Waals surface area (Å²) in [4.78, 5) is 5.02. The second-order valence-electron chi connectivity index (χ2n) is 5.29. The summed E-state index contributed by atoms with van der Waals surface area (Å²) in [5, 5.41) is 0. The van der Waals surface area contributed by atoms with Gasteiger partial charge >= 0.3 is 0 Å². The molecule has 1 aromatic heterocycles. The van der Waals surface area contributed by atoms with E-state index in [1.54, 1.807) is 14.2 Å². The molecule has 4 nitrogen and oxygen atoms in total. The number of ether oxygens (including phenoxy) is 2. The Morgan fingerprint density at radius 2 is 1.95 bits per heavy atom. The number of nitrogens with zero attached hydrogens (tertiary/aromatic N) is 1. The van der Waals surface area contributed by atoms with Gasteiger partial charge in [0.05, 0.1) is 19.3 Å². The second-order valence-corrected chi connectivity index (χ2v) is 6.61. The van der Waals surface area contributed by atoms with Crippen molar-refractivity contribution in [2.75, 3.05) is 34.0 Å². The smallest absolute Gasteiger partial charge is 0.0615 e. The monoisotopic (exact) mass is 300 g/mol. The second kappa shape index (κ2) is 8.74. The first-order valence-electron chi connectivity index (χ1n) is 7.06. The molecule has 5 heteroatoms. The summed E-state index contributed by atoms with van der Waals surface area (Å²) in [6.45, 7) is 8.61. The Morgan fingerprint density at radius 3 is 2.40 bits per heavy atom. The van der Waals surface area contributed by atoms with Crippen LogP contribution in [0, 0.1) is 6.92 Å². The van der Waals surface area contributed by atoms with Crippen LogP contribution in [0.4, 0.5) is 0 Å². The number of nitrogens with two attached hydrogens (primary N) is 1. The standard InChI is InChI=1S/C15H28N2O2S/c1-11(10-19-5)17(8-9-18-4)15(13(3)16)14-7-6-12(2)20-14/h6-7,11,13,15H,8-10,16H2,1-5H3. The first-order valence-corrected chi connectivity index (χ1v) is 7.88. The lowest BCUT2D eigenvalue weighted by atomic mass is 10.0. The average molecular weight is 300 g/mol. The third-order valence-electron chi connectivity index (χ3n) is 3.44. The number of rotatable bonds is 9. The molecule has 0 aliphatic heterocycles. The first-order chi connectivity index (χ1) is 9.51. The maximum Gasteiger partial charge on any atom is 0.0615 e. The summed E-state index contributed by atoms with van der Waals surface area (Å²) in [6.07, 6.45) is 0. The van der Waals surface area contributed by atoms with Gasteiger partial charge in [0.25, 0.3) is 0 Å². The van der Waals surface area contributed by atoms with Crippen LogP contribution in [-0.2, 0) is 9.47 Å². The van der Waals surface area contributed by atoms with Gasteiger partial charge in [-0.2, -0.15) is 0 Å². The lowest BCUT2D eigenvalue weighted by Crippen LogP contribution is -2.46. The van der Waals surface area contributed by atoms with E-state index in [1.807, 2.05) is 11.3 Å². The molecule has 0 aromatic carbocycles. The number of aryl methyl sites for hydroxylation is 1. The van der Waals surface area contributed by atoms with Gasteiger partial charge < -0.3 is 15.2 Å². The van der Waals surface area contributed by atoms with Crippen LogP contribution in [0.2, 0.25) is 0 Å². The minimum Gasteiger partial charge on any atom is -0.383 e. The van der Waals surface area contributed by atoms with Gasteiger partial charge in [-0.25, -0.2) is 0 Å². The molecule has 0 aliphatic rings. The molecule has 0 bridgehead atoms. The maximum absolute atomic E-state index is 6.27. The number of hydrogen-bond donors (Lipinski definition) is 1. The molecular formula is C15H28N2O2S. The summed E-state index contributed by atoms with van der Waals surface area (Å²) in [7, 11) is 3.47. The van der Waals surface area contributed by atoms with Crippen molar-refractivity contribution < 1.29 is 9.47 Å². The molecule has 0 saturated carbocycles. The van der Waals surface area contributed by atoms with E-state index in [4.69, 9.17) is 15.2 Å². The van der Waals surface area contributed by atoms with Crippen LogP contribution in [0.15, 0.2) is 12.1 Å². The van der Waals surface area contributed by atoms with E-state index in [-0.39, 0.29) is 12.1 Å². The summed E-state index contributed by atoms with van der Waals surface area (Å²) >= 11 is 1.82. The molecule has 1 rings (SSSR count). The van der Waals surface area contributed by atoms with Crippen LogP contribution in [0.25, 0.3) is 0 Å². The fraction of sp³-hybridized carbons (Fsp3) is 0.733. The highest BCUT2D eigenvalue weighted by atomic mass is 32.1. The predicted molar refractivity (Wildman–Crippen MR) is 85.4 cm³/mol. The number of hydrogen-bond acceptors (Lipinski definition) is 5. The zero-order chi connectivity index (χ0) is 15.1. The van der Waals surface area contributed by atoms with Crippen LogP contribution in [0.1, 0.15) is 29.6 Å². The Hall–Kier alpha value is -0.460. The third-order valence-corrected chi connectivity index (χ3v) is 4.51. The van der Waals surface area contributed by atoms with Crippen LogP contribution in [-0.4, -0.2) is 51.0 Å². The van der Waals surface area contributed by atoms with E-state index < -0.39 is 0 Å². The van der Waals surface area contributed by atoms with E-state index in [0.29, 0.717) is 19.3 Å². The molecule has 1 heterocycles. The molecular weight excluding hydrogens is 272 g/mol. The van der Waals surface area contributed by atoms with Crippen LogP contribution < -0.4 is 5.73 Å². The lowest BCUT2D eigenvalue weighted by Gasteiger charge is -2.37. The van der Waals surface area contributed by atoms with Gasteiger partial charge in [-0.15, -0.1) is 11.3 Å². The van der Waals surface area contributed by atoms with Crippen LogP contribution in [0.3, 0.4) is 0 Å².